The normalized spacial score (nSPS) is 16.9. The third-order valence-corrected chi connectivity index (χ3v) is 5.83. The van der Waals surface area contributed by atoms with Crippen LogP contribution in [0.4, 0.5) is 0 Å². The van der Waals surface area contributed by atoms with Crippen molar-refractivity contribution in [1.29, 1.82) is 0 Å². The molecule has 1 aromatic carbocycles. The number of hydrogen-bond acceptors (Lipinski definition) is 4. The lowest BCUT2D eigenvalue weighted by molar-refractivity contribution is -0.131. The smallest absolute Gasteiger partial charge is 0.226 e. The van der Waals surface area contributed by atoms with Crippen LogP contribution in [0.1, 0.15) is 36.1 Å². The number of carbonyl (C=O) groups excluding carboxylic acids is 2. The zero-order valence-electron chi connectivity index (χ0n) is 18.0. The van der Waals surface area contributed by atoms with Crippen LogP contribution in [-0.4, -0.2) is 45.8 Å². The van der Waals surface area contributed by atoms with E-state index >= 15 is 0 Å². The molecule has 1 N–H and O–H groups in total. The molecule has 31 heavy (non-hydrogen) atoms. The monoisotopic (exact) mass is 420 g/mol. The van der Waals surface area contributed by atoms with E-state index in [1.807, 2.05) is 58.8 Å². The van der Waals surface area contributed by atoms with E-state index in [1.54, 1.807) is 13.3 Å². The van der Waals surface area contributed by atoms with Gasteiger partial charge in [0.15, 0.2) is 0 Å². The summed E-state index contributed by atoms with van der Waals surface area (Å²) in [5.74, 6) is 0.867. The molecule has 1 fully saturated rings. The molecule has 1 saturated heterocycles. The number of ether oxygens (including phenoxy) is 1. The Hall–Kier alpha value is -3.35. The number of aromatic nitrogens is 2. The number of fused-ring (bicyclic) bond motifs is 1. The van der Waals surface area contributed by atoms with Crippen LogP contribution in [0.15, 0.2) is 48.8 Å². The van der Waals surface area contributed by atoms with Crippen molar-refractivity contribution >= 4 is 17.5 Å². The van der Waals surface area contributed by atoms with E-state index in [0.717, 1.165) is 34.6 Å². The van der Waals surface area contributed by atoms with Gasteiger partial charge in [0.1, 0.15) is 11.4 Å². The Morgan fingerprint density at radius 3 is 2.97 bits per heavy atom. The lowest BCUT2D eigenvalue weighted by Crippen LogP contribution is -2.37. The van der Waals surface area contributed by atoms with E-state index in [0.29, 0.717) is 25.9 Å². The predicted octanol–water partition coefficient (Wildman–Crippen LogP) is 2.89. The first-order valence-corrected chi connectivity index (χ1v) is 10.6. The summed E-state index contributed by atoms with van der Waals surface area (Å²) in [6.45, 7) is 3.18. The summed E-state index contributed by atoms with van der Waals surface area (Å²) in [6, 6.07) is 11.7. The Morgan fingerprint density at radius 1 is 1.26 bits per heavy atom. The van der Waals surface area contributed by atoms with Gasteiger partial charge >= 0.3 is 0 Å². The third-order valence-electron chi connectivity index (χ3n) is 5.83. The molecular weight excluding hydrogens is 392 g/mol. The average Bonchev–Trinajstić information content (AvgIpc) is 3.10. The summed E-state index contributed by atoms with van der Waals surface area (Å²) < 4.78 is 7.24. The van der Waals surface area contributed by atoms with Gasteiger partial charge in [-0.25, -0.2) is 4.98 Å². The molecule has 2 aromatic heterocycles. The predicted molar refractivity (Wildman–Crippen MR) is 118 cm³/mol. The first-order valence-electron chi connectivity index (χ1n) is 10.6. The highest BCUT2D eigenvalue weighted by molar-refractivity contribution is 5.79. The van der Waals surface area contributed by atoms with Crippen molar-refractivity contribution in [2.45, 2.75) is 45.2 Å². The Balaban J connectivity index is 1.35. The van der Waals surface area contributed by atoms with Gasteiger partial charge in [0.2, 0.25) is 11.8 Å². The Bertz CT molecular complexity index is 1090. The molecule has 0 spiro atoms. The summed E-state index contributed by atoms with van der Waals surface area (Å²) in [5.41, 5.74) is 3.85. The number of nitrogens with zero attached hydrogens (tertiary/aromatic N) is 3. The minimum absolute atomic E-state index is 0.00678. The first kappa shape index (κ1) is 20.9. The van der Waals surface area contributed by atoms with Crippen LogP contribution >= 0.6 is 0 Å². The van der Waals surface area contributed by atoms with Crippen LogP contribution < -0.4 is 10.1 Å². The maximum Gasteiger partial charge on any atom is 0.226 e. The highest BCUT2D eigenvalue weighted by Crippen LogP contribution is 2.19. The number of aryl methyl sites for hydroxylation is 1. The van der Waals surface area contributed by atoms with Crippen molar-refractivity contribution < 1.29 is 14.3 Å². The first-order chi connectivity index (χ1) is 15.0. The third kappa shape index (κ3) is 4.87. The molecule has 3 heterocycles. The molecule has 1 aliphatic rings. The topological polar surface area (TPSA) is 75.9 Å². The molecular formula is C24H28N4O3. The number of nitrogens with one attached hydrogen (secondary N) is 1. The van der Waals surface area contributed by atoms with Gasteiger partial charge in [0, 0.05) is 37.9 Å². The maximum absolute atomic E-state index is 12.7. The highest BCUT2D eigenvalue weighted by atomic mass is 16.5. The second-order valence-electron chi connectivity index (χ2n) is 8.07. The number of hydrogen-bond donors (Lipinski definition) is 1. The van der Waals surface area contributed by atoms with Gasteiger partial charge in [-0.3, -0.25) is 9.59 Å². The zero-order valence-corrected chi connectivity index (χ0v) is 18.0. The zero-order chi connectivity index (χ0) is 21.8. The molecule has 0 radical (unpaired) electrons. The molecule has 4 rings (SSSR count). The fourth-order valence-electron chi connectivity index (χ4n) is 4.12. The fourth-order valence-corrected chi connectivity index (χ4v) is 4.12. The lowest BCUT2D eigenvalue weighted by atomic mass is 10.1. The van der Waals surface area contributed by atoms with E-state index in [1.165, 1.54) is 0 Å². The number of pyridine rings is 1. The van der Waals surface area contributed by atoms with E-state index in [9.17, 15) is 9.59 Å². The van der Waals surface area contributed by atoms with Crippen molar-refractivity contribution in [2.24, 2.45) is 0 Å². The van der Waals surface area contributed by atoms with Crippen molar-refractivity contribution in [3.05, 3.63) is 65.6 Å². The fraction of sp³-hybridized carbons (Fsp3) is 0.375. The second-order valence-corrected chi connectivity index (χ2v) is 8.07. The lowest BCUT2D eigenvalue weighted by Gasteiger charge is -2.21. The molecule has 1 unspecified atom stereocenters. The average molecular weight is 421 g/mol. The van der Waals surface area contributed by atoms with Crippen molar-refractivity contribution in [2.75, 3.05) is 13.7 Å². The number of methoxy groups -OCH3 is 1. The minimum Gasteiger partial charge on any atom is -0.497 e. The summed E-state index contributed by atoms with van der Waals surface area (Å²) in [7, 11) is 1.64. The molecule has 162 valence electrons. The number of imidazole rings is 1. The number of benzene rings is 1. The standard InChI is InChI=1S/C24H28N4O3/c1-17-5-4-11-28-20(15-25-24(17)28)14-22(29)26-19-8-9-23(30)27(12-10-19)16-18-6-3-7-21(13-18)31-2/h3-7,11,13,15,19H,8-10,12,14,16H2,1-2H3,(H,26,29). The summed E-state index contributed by atoms with van der Waals surface area (Å²) >= 11 is 0. The maximum atomic E-state index is 12.7. The van der Waals surface area contributed by atoms with Crippen molar-refractivity contribution in [3.63, 3.8) is 0 Å². The molecule has 7 heteroatoms. The van der Waals surface area contributed by atoms with Crippen molar-refractivity contribution in [3.8, 4) is 5.75 Å². The Kier molecular flexibility index (Phi) is 6.21. The van der Waals surface area contributed by atoms with Gasteiger partial charge < -0.3 is 19.4 Å². The van der Waals surface area contributed by atoms with Crippen LogP contribution in [-0.2, 0) is 22.6 Å². The van der Waals surface area contributed by atoms with Gasteiger partial charge in [-0.15, -0.1) is 0 Å². The minimum atomic E-state index is -0.0398. The molecule has 7 nitrogen and oxygen atoms in total. The molecule has 2 amide bonds. The van der Waals surface area contributed by atoms with E-state index in [4.69, 9.17) is 4.74 Å². The molecule has 0 saturated carbocycles. The summed E-state index contributed by atoms with van der Waals surface area (Å²) in [6.07, 6.45) is 5.79. The molecule has 0 aliphatic carbocycles. The molecule has 3 aromatic rings. The molecule has 1 atom stereocenters. The SMILES string of the molecule is COc1cccc(CN2CCC(NC(=O)Cc3cnc4c(C)cccn34)CCC2=O)c1. The van der Waals surface area contributed by atoms with Gasteiger partial charge in [-0.05, 0) is 49.1 Å². The quantitative estimate of drug-likeness (QED) is 0.665. The second kappa shape index (κ2) is 9.20. The van der Waals surface area contributed by atoms with Crippen LogP contribution in [0, 0.1) is 6.92 Å². The Labute approximate surface area is 182 Å². The number of likely N-dealkylation sites (tertiary alicyclic amines) is 1. The number of rotatable bonds is 6. The Morgan fingerprint density at radius 2 is 2.13 bits per heavy atom. The highest BCUT2D eigenvalue weighted by Gasteiger charge is 2.24. The van der Waals surface area contributed by atoms with Crippen LogP contribution in [0.3, 0.4) is 0 Å². The number of carbonyl (C=O) groups is 2. The largest absolute Gasteiger partial charge is 0.497 e. The van der Waals surface area contributed by atoms with E-state index < -0.39 is 0 Å². The molecule has 1 aliphatic heterocycles. The van der Waals surface area contributed by atoms with Gasteiger partial charge in [-0.1, -0.05) is 18.2 Å². The summed E-state index contributed by atoms with van der Waals surface area (Å²) in [4.78, 5) is 31.6. The van der Waals surface area contributed by atoms with Gasteiger partial charge in [-0.2, -0.15) is 0 Å². The van der Waals surface area contributed by atoms with Crippen LogP contribution in [0.5, 0.6) is 5.75 Å². The van der Waals surface area contributed by atoms with E-state index in [-0.39, 0.29) is 24.3 Å². The summed E-state index contributed by atoms with van der Waals surface area (Å²) in [5, 5.41) is 3.12. The van der Waals surface area contributed by atoms with Crippen molar-refractivity contribution in [1.82, 2.24) is 19.6 Å². The number of amides is 2. The van der Waals surface area contributed by atoms with Crippen LogP contribution in [0.25, 0.3) is 5.65 Å². The van der Waals surface area contributed by atoms with Crippen LogP contribution in [0.2, 0.25) is 0 Å². The van der Waals surface area contributed by atoms with Gasteiger partial charge in [0.05, 0.1) is 19.2 Å². The molecule has 0 bridgehead atoms. The van der Waals surface area contributed by atoms with E-state index in [2.05, 4.69) is 10.3 Å². The van der Waals surface area contributed by atoms with Gasteiger partial charge in [0.25, 0.3) is 0 Å².